The van der Waals surface area contributed by atoms with Crippen LogP contribution in [0.3, 0.4) is 0 Å². The van der Waals surface area contributed by atoms with Crippen molar-refractivity contribution in [1.82, 2.24) is 4.72 Å². The molecule has 0 aliphatic heterocycles. The van der Waals surface area contributed by atoms with E-state index in [2.05, 4.69) is 4.72 Å². The first-order chi connectivity index (χ1) is 6.51. The van der Waals surface area contributed by atoms with Crippen LogP contribution in [-0.4, -0.2) is 31.3 Å². The quantitative estimate of drug-likeness (QED) is 0.740. The molecular weight excluding hydrogens is 218 g/mol. The number of carboxylic acid groups (broad SMARTS) is 1. The lowest BCUT2D eigenvalue weighted by molar-refractivity contribution is -0.134. The highest BCUT2D eigenvalue weighted by Gasteiger charge is 2.65. The predicted octanol–water partition coefficient (Wildman–Crippen LogP) is 0.425. The molecule has 0 aromatic carbocycles. The molecule has 0 amide bonds. The van der Waals surface area contributed by atoms with Crippen LogP contribution in [0.5, 0.6) is 0 Å². The van der Waals surface area contributed by atoms with Gasteiger partial charge in [0.2, 0.25) is 10.0 Å². The van der Waals surface area contributed by atoms with E-state index in [9.17, 15) is 13.2 Å². The molecule has 1 saturated carbocycles. The number of nitrogens with one attached hydrogen (secondary N) is 1. The van der Waals surface area contributed by atoms with Crippen molar-refractivity contribution in [3.05, 3.63) is 0 Å². The minimum Gasteiger partial charge on any atom is -0.480 e. The monoisotopic (exact) mass is 235 g/mol. The van der Waals surface area contributed by atoms with Gasteiger partial charge in [0.25, 0.3) is 0 Å². The summed E-state index contributed by atoms with van der Waals surface area (Å²) in [6.07, 6.45) is 0. The van der Waals surface area contributed by atoms with Crippen molar-refractivity contribution in [3.8, 4) is 0 Å². The molecule has 0 bridgehead atoms. The molecule has 1 aliphatic carbocycles. The predicted molar refractivity (Wildman–Crippen MR) is 55.9 cm³/mol. The van der Waals surface area contributed by atoms with Gasteiger partial charge in [-0.3, -0.25) is 4.79 Å². The van der Waals surface area contributed by atoms with Crippen molar-refractivity contribution in [2.45, 2.75) is 33.7 Å². The zero-order valence-corrected chi connectivity index (χ0v) is 10.2. The number of hydrogen-bond acceptors (Lipinski definition) is 3. The van der Waals surface area contributed by atoms with Crippen LogP contribution < -0.4 is 4.72 Å². The molecule has 0 aromatic rings. The Hall–Kier alpha value is -0.620. The van der Waals surface area contributed by atoms with Crippen LogP contribution in [0.2, 0.25) is 0 Å². The van der Waals surface area contributed by atoms with E-state index in [1.54, 1.807) is 0 Å². The number of rotatable bonds is 4. The lowest BCUT2D eigenvalue weighted by atomic mass is 10.0. The fourth-order valence-electron chi connectivity index (χ4n) is 1.87. The Morgan fingerprint density at radius 1 is 1.27 bits per heavy atom. The van der Waals surface area contributed by atoms with E-state index >= 15 is 0 Å². The summed E-state index contributed by atoms with van der Waals surface area (Å²) in [6.45, 7) is 7.84. The van der Waals surface area contributed by atoms with E-state index < -0.39 is 21.7 Å². The maximum absolute atomic E-state index is 11.4. The second kappa shape index (κ2) is 3.18. The van der Waals surface area contributed by atoms with Gasteiger partial charge in [-0.2, -0.15) is 0 Å². The van der Waals surface area contributed by atoms with Crippen LogP contribution in [0.4, 0.5) is 0 Å². The van der Waals surface area contributed by atoms with Crippen molar-refractivity contribution in [3.63, 3.8) is 0 Å². The summed E-state index contributed by atoms with van der Waals surface area (Å²) in [5.74, 6) is -2.20. The van der Waals surface area contributed by atoms with Crippen LogP contribution in [-0.2, 0) is 14.8 Å². The molecule has 1 rings (SSSR count). The van der Waals surface area contributed by atoms with Crippen LogP contribution in [0.25, 0.3) is 0 Å². The Bertz CT molecular complexity index is 369. The summed E-state index contributed by atoms with van der Waals surface area (Å²) >= 11 is 0. The van der Waals surface area contributed by atoms with E-state index in [4.69, 9.17) is 5.11 Å². The lowest BCUT2D eigenvalue weighted by Gasteiger charge is -2.05. The Balaban J connectivity index is 2.71. The van der Waals surface area contributed by atoms with Crippen molar-refractivity contribution in [1.29, 1.82) is 0 Å². The van der Waals surface area contributed by atoms with E-state index in [1.807, 2.05) is 27.7 Å². The third-order valence-electron chi connectivity index (χ3n) is 3.63. The summed E-state index contributed by atoms with van der Waals surface area (Å²) < 4.78 is 25.2. The molecule has 1 fully saturated rings. The van der Waals surface area contributed by atoms with Gasteiger partial charge in [0.1, 0.15) is 0 Å². The van der Waals surface area contributed by atoms with Gasteiger partial charge in [-0.05, 0) is 10.8 Å². The molecule has 0 spiro atoms. The molecular formula is C9H17NO4S. The SMILES string of the molecule is CC1(C)C(NS(=O)(=O)CC(=O)O)C1(C)C. The summed E-state index contributed by atoms with van der Waals surface area (Å²) in [5.41, 5.74) is -0.253. The van der Waals surface area contributed by atoms with Crippen LogP contribution in [0.15, 0.2) is 0 Å². The van der Waals surface area contributed by atoms with E-state index in [1.165, 1.54) is 0 Å². The van der Waals surface area contributed by atoms with Crippen molar-refractivity contribution in [2.75, 3.05) is 5.75 Å². The first-order valence-electron chi connectivity index (χ1n) is 4.72. The molecule has 5 nitrogen and oxygen atoms in total. The Labute approximate surface area is 89.9 Å². The third-order valence-corrected chi connectivity index (χ3v) is 4.85. The number of sulfonamides is 1. The minimum absolute atomic E-state index is 0.126. The Morgan fingerprint density at radius 2 is 1.67 bits per heavy atom. The maximum Gasteiger partial charge on any atom is 0.320 e. The molecule has 0 atom stereocenters. The third kappa shape index (κ3) is 2.15. The van der Waals surface area contributed by atoms with E-state index in [0.717, 1.165) is 0 Å². The highest BCUT2D eigenvalue weighted by atomic mass is 32.2. The Morgan fingerprint density at radius 3 is 1.93 bits per heavy atom. The van der Waals surface area contributed by atoms with Crippen LogP contribution in [0, 0.1) is 10.8 Å². The largest absolute Gasteiger partial charge is 0.480 e. The van der Waals surface area contributed by atoms with Crippen LogP contribution in [0.1, 0.15) is 27.7 Å². The second-order valence-corrected chi connectivity index (χ2v) is 6.90. The van der Waals surface area contributed by atoms with Gasteiger partial charge < -0.3 is 5.11 Å². The number of hydrogen-bond donors (Lipinski definition) is 2. The number of carbonyl (C=O) groups is 1. The van der Waals surface area contributed by atoms with Crippen LogP contribution >= 0.6 is 0 Å². The van der Waals surface area contributed by atoms with Gasteiger partial charge >= 0.3 is 5.97 Å². The molecule has 88 valence electrons. The summed E-state index contributed by atoms with van der Waals surface area (Å²) in [5, 5.41) is 8.42. The molecule has 0 unspecified atom stereocenters. The number of aliphatic carboxylic acids is 1. The fraction of sp³-hybridized carbons (Fsp3) is 0.889. The van der Waals surface area contributed by atoms with Crippen molar-refractivity contribution >= 4 is 16.0 Å². The van der Waals surface area contributed by atoms with Crippen molar-refractivity contribution < 1.29 is 18.3 Å². The van der Waals surface area contributed by atoms with Gasteiger partial charge in [0.15, 0.2) is 5.75 Å². The smallest absolute Gasteiger partial charge is 0.320 e. The summed E-state index contributed by atoms with van der Waals surface area (Å²) in [7, 11) is -3.71. The van der Waals surface area contributed by atoms with E-state index in [0.29, 0.717) is 0 Å². The minimum atomic E-state index is -3.71. The van der Waals surface area contributed by atoms with Crippen molar-refractivity contribution in [2.24, 2.45) is 10.8 Å². The summed E-state index contributed by atoms with van der Waals surface area (Å²) in [6, 6.07) is -0.186. The molecule has 15 heavy (non-hydrogen) atoms. The van der Waals surface area contributed by atoms with E-state index in [-0.39, 0.29) is 16.9 Å². The first kappa shape index (κ1) is 12.4. The van der Waals surface area contributed by atoms with Gasteiger partial charge in [0, 0.05) is 6.04 Å². The standard InChI is InChI=1S/C9H17NO4S/c1-8(2)7(9(8,3)4)10-15(13,14)5-6(11)12/h7,10H,5H2,1-4H3,(H,11,12). The molecule has 0 radical (unpaired) electrons. The highest BCUT2D eigenvalue weighted by molar-refractivity contribution is 7.90. The number of carboxylic acids is 1. The molecule has 2 N–H and O–H groups in total. The van der Waals surface area contributed by atoms with Gasteiger partial charge in [-0.25, -0.2) is 13.1 Å². The van der Waals surface area contributed by atoms with Gasteiger partial charge in [0.05, 0.1) is 0 Å². The second-order valence-electron chi connectivity index (χ2n) is 5.15. The topological polar surface area (TPSA) is 83.5 Å². The maximum atomic E-state index is 11.4. The zero-order chi connectivity index (χ0) is 12.1. The molecule has 0 saturated heterocycles. The Kier molecular flexibility index (Phi) is 2.64. The lowest BCUT2D eigenvalue weighted by Crippen LogP contribution is -2.34. The molecule has 0 aromatic heterocycles. The summed E-state index contributed by atoms with van der Waals surface area (Å²) in [4.78, 5) is 10.3. The highest BCUT2D eigenvalue weighted by Crippen LogP contribution is 2.62. The molecule has 6 heteroatoms. The van der Waals surface area contributed by atoms with Gasteiger partial charge in [-0.1, -0.05) is 27.7 Å². The average molecular weight is 235 g/mol. The normalized spacial score (nSPS) is 23.7. The molecule has 0 heterocycles. The molecule has 1 aliphatic rings. The fourth-order valence-corrected chi connectivity index (χ4v) is 3.23. The van der Waals surface area contributed by atoms with Gasteiger partial charge in [-0.15, -0.1) is 0 Å². The zero-order valence-electron chi connectivity index (χ0n) is 9.36. The first-order valence-corrected chi connectivity index (χ1v) is 6.38. The average Bonchev–Trinajstić information content (AvgIpc) is 2.28.